The zero-order chi connectivity index (χ0) is 30.0. The van der Waals surface area contributed by atoms with Crippen molar-refractivity contribution in [2.24, 2.45) is 5.14 Å². The molecule has 220 valence electrons. The topological polar surface area (TPSA) is 143 Å². The van der Waals surface area contributed by atoms with E-state index in [1.165, 1.54) is 17.0 Å². The molecular formula is C29H36N4O6S2. The summed E-state index contributed by atoms with van der Waals surface area (Å²) in [4.78, 5) is 14.4. The van der Waals surface area contributed by atoms with Gasteiger partial charge in [-0.1, -0.05) is 30.3 Å². The number of sulfonamides is 1. The van der Waals surface area contributed by atoms with Crippen LogP contribution < -0.4 is 20.5 Å². The van der Waals surface area contributed by atoms with Gasteiger partial charge in [0.2, 0.25) is 10.0 Å². The number of anilines is 2. The Hall–Kier alpha value is -3.71. The summed E-state index contributed by atoms with van der Waals surface area (Å²) in [5.74, 6) is 0.638. The van der Waals surface area contributed by atoms with Gasteiger partial charge < -0.3 is 30.1 Å². The van der Waals surface area contributed by atoms with Crippen LogP contribution in [0.3, 0.4) is 0 Å². The highest BCUT2D eigenvalue weighted by Gasteiger charge is 2.24. The molecule has 1 atom stereocenters. The molecule has 5 N–H and O–H groups in total. The van der Waals surface area contributed by atoms with Crippen LogP contribution in [0, 0.1) is 0 Å². The van der Waals surface area contributed by atoms with E-state index < -0.39 is 27.8 Å². The molecule has 0 radical (unpaired) electrons. The third-order valence-corrected chi connectivity index (χ3v) is 6.72. The van der Waals surface area contributed by atoms with E-state index in [9.17, 15) is 18.3 Å². The quantitative estimate of drug-likeness (QED) is 0.236. The number of rotatable bonds is 11. The SMILES string of the molecule is CC(C)(C)OC(=O)N(CCc1ccc(NC(=S)Nc2ccc(S(N)(=O)=O)cc2)cc1)C[C@H](O)COc1ccccc1. The summed E-state index contributed by atoms with van der Waals surface area (Å²) in [7, 11) is -3.77. The number of thiocarbonyl (C=S) groups is 1. The van der Waals surface area contributed by atoms with Crippen LogP contribution in [0.15, 0.2) is 83.8 Å². The van der Waals surface area contributed by atoms with E-state index in [1.807, 2.05) is 42.5 Å². The highest BCUT2D eigenvalue weighted by Crippen LogP contribution is 2.16. The second kappa shape index (κ2) is 14.3. The fraction of sp³-hybridized carbons (Fsp3) is 0.310. The predicted molar refractivity (Wildman–Crippen MR) is 164 cm³/mol. The molecule has 41 heavy (non-hydrogen) atoms. The summed E-state index contributed by atoms with van der Waals surface area (Å²) in [5, 5.41) is 22.1. The maximum absolute atomic E-state index is 12.9. The van der Waals surface area contributed by atoms with E-state index in [-0.39, 0.29) is 18.0 Å². The molecule has 1 amide bonds. The fourth-order valence-corrected chi connectivity index (χ4v) is 4.39. The lowest BCUT2D eigenvalue weighted by Gasteiger charge is -2.29. The van der Waals surface area contributed by atoms with Gasteiger partial charge in [-0.3, -0.25) is 0 Å². The summed E-state index contributed by atoms with van der Waals surface area (Å²) in [6, 6.07) is 22.6. The van der Waals surface area contributed by atoms with Crippen molar-refractivity contribution in [3.63, 3.8) is 0 Å². The number of aliphatic hydroxyl groups excluding tert-OH is 1. The van der Waals surface area contributed by atoms with E-state index in [0.717, 1.165) is 11.3 Å². The van der Waals surface area contributed by atoms with Gasteiger partial charge in [-0.05, 0) is 93.5 Å². The van der Waals surface area contributed by atoms with E-state index >= 15 is 0 Å². The molecule has 10 nitrogen and oxygen atoms in total. The highest BCUT2D eigenvalue weighted by molar-refractivity contribution is 7.89. The van der Waals surface area contributed by atoms with Gasteiger partial charge in [-0.15, -0.1) is 0 Å². The zero-order valence-electron chi connectivity index (χ0n) is 23.2. The van der Waals surface area contributed by atoms with Gasteiger partial charge >= 0.3 is 6.09 Å². The van der Waals surface area contributed by atoms with Crippen molar-refractivity contribution in [2.45, 2.75) is 43.8 Å². The lowest BCUT2D eigenvalue weighted by molar-refractivity contribution is 0.00944. The van der Waals surface area contributed by atoms with Crippen molar-refractivity contribution in [3.05, 3.63) is 84.4 Å². The Morgan fingerprint density at radius 2 is 1.54 bits per heavy atom. The minimum absolute atomic E-state index is 0.0118. The molecule has 0 saturated carbocycles. The summed E-state index contributed by atoms with van der Waals surface area (Å²) in [5.41, 5.74) is 1.64. The Morgan fingerprint density at radius 1 is 0.976 bits per heavy atom. The Bertz CT molecular complexity index is 1390. The van der Waals surface area contributed by atoms with Crippen LogP contribution in [0.4, 0.5) is 16.2 Å². The molecular weight excluding hydrogens is 564 g/mol. The normalized spacial score (nSPS) is 12.2. The van der Waals surface area contributed by atoms with Crippen molar-refractivity contribution in [3.8, 4) is 5.75 Å². The number of aliphatic hydroxyl groups is 1. The molecule has 0 aliphatic carbocycles. The number of nitrogens with one attached hydrogen (secondary N) is 2. The number of nitrogens with zero attached hydrogens (tertiary/aromatic N) is 1. The van der Waals surface area contributed by atoms with Crippen molar-refractivity contribution >= 4 is 44.8 Å². The maximum Gasteiger partial charge on any atom is 0.410 e. The average Bonchev–Trinajstić information content (AvgIpc) is 2.90. The number of carbonyl (C=O) groups excluding carboxylic acids is 1. The van der Waals surface area contributed by atoms with E-state index in [0.29, 0.717) is 29.5 Å². The minimum atomic E-state index is -3.77. The van der Waals surface area contributed by atoms with Crippen LogP contribution in [-0.4, -0.2) is 61.0 Å². The highest BCUT2D eigenvalue weighted by atomic mass is 32.2. The largest absolute Gasteiger partial charge is 0.491 e. The van der Waals surface area contributed by atoms with Gasteiger partial charge in [-0.2, -0.15) is 0 Å². The standard InChI is InChI=1S/C29H36N4O6S2/c1-29(2,3)39-28(35)33(19-24(34)20-38-25-7-5-4-6-8-25)18-17-21-9-11-22(12-10-21)31-27(40)32-23-13-15-26(16-14-23)41(30,36)37/h4-16,24,34H,17-20H2,1-3H3,(H2,30,36,37)(H2,31,32,40)/t24-/m0/s1. The maximum atomic E-state index is 12.9. The Morgan fingerprint density at radius 3 is 2.07 bits per heavy atom. The molecule has 3 rings (SSSR count). The number of benzene rings is 3. The third kappa shape index (κ3) is 11.4. The first-order valence-electron chi connectivity index (χ1n) is 12.9. The molecule has 0 saturated heterocycles. The lowest BCUT2D eigenvalue weighted by Crippen LogP contribution is -2.43. The number of hydrogen-bond donors (Lipinski definition) is 4. The van der Waals surface area contributed by atoms with Gasteiger partial charge in [-0.25, -0.2) is 18.4 Å². The molecule has 0 aliphatic heterocycles. The molecule has 12 heteroatoms. The number of para-hydroxylation sites is 1. The second-order valence-electron chi connectivity index (χ2n) is 10.3. The fourth-order valence-electron chi connectivity index (χ4n) is 3.64. The smallest absolute Gasteiger partial charge is 0.410 e. The van der Waals surface area contributed by atoms with Crippen LogP contribution in [-0.2, 0) is 21.2 Å². The molecule has 0 spiro atoms. The zero-order valence-corrected chi connectivity index (χ0v) is 24.9. The van der Waals surface area contributed by atoms with Gasteiger partial charge in [0.1, 0.15) is 24.1 Å². The number of hydrogen-bond acceptors (Lipinski definition) is 7. The molecule has 3 aromatic carbocycles. The monoisotopic (exact) mass is 600 g/mol. The van der Waals surface area contributed by atoms with E-state index in [1.54, 1.807) is 45.0 Å². The second-order valence-corrected chi connectivity index (χ2v) is 12.3. The first-order valence-corrected chi connectivity index (χ1v) is 14.9. The Labute approximate surface area is 246 Å². The minimum Gasteiger partial charge on any atom is -0.491 e. The number of amides is 1. The predicted octanol–water partition coefficient (Wildman–Crippen LogP) is 4.36. The summed E-state index contributed by atoms with van der Waals surface area (Å²) >= 11 is 5.35. The van der Waals surface area contributed by atoms with Gasteiger partial charge in [0.25, 0.3) is 0 Å². The molecule has 3 aromatic rings. The van der Waals surface area contributed by atoms with Crippen LogP contribution in [0.25, 0.3) is 0 Å². The molecule has 0 heterocycles. The summed E-state index contributed by atoms with van der Waals surface area (Å²) in [6.45, 7) is 5.81. The number of carbonyl (C=O) groups is 1. The number of primary sulfonamides is 1. The van der Waals surface area contributed by atoms with Crippen molar-refractivity contribution in [2.75, 3.05) is 30.3 Å². The number of nitrogens with two attached hydrogens (primary N) is 1. The first kappa shape index (κ1) is 31.8. The van der Waals surface area contributed by atoms with Crippen LogP contribution in [0.2, 0.25) is 0 Å². The van der Waals surface area contributed by atoms with Crippen LogP contribution in [0.1, 0.15) is 26.3 Å². The Kier molecular flexibility index (Phi) is 11.1. The van der Waals surface area contributed by atoms with Crippen molar-refractivity contribution in [1.82, 2.24) is 4.90 Å². The first-order chi connectivity index (χ1) is 19.3. The molecule has 0 aliphatic rings. The molecule has 0 unspecified atom stereocenters. The summed E-state index contributed by atoms with van der Waals surface area (Å²) in [6.07, 6.45) is -0.882. The van der Waals surface area contributed by atoms with Gasteiger partial charge in [0, 0.05) is 17.9 Å². The van der Waals surface area contributed by atoms with E-state index in [2.05, 4.69) is 10.6 Å². The summed E-state index contributed by atoms with van der Waals surface area (Å²) < 4.78 is 34.0. The molecule has 0 fully saturated rings. The number of ether oxygens (including phenoxy) is 2. The average molecular weight is 601 g/mol. The van der Waals surface area contributed by atoms with Crippen molar-refractivity contribution in [1.29, 1.82) is 0 Å². The lowest BCUT2D eigenvalue weighted by atomic mass is 10.1. The van der Waals surface area contributed by atoms with Gasteiger partial charge in [0.05, 0.1) is 11.4 Å². The van der Waals surface area contributed by atoms with Crippen LogP contribution >= 0.6 is 12.2 Å². The van der Waals surface area contributed by atoms with Gasteiger partial charge in [0.15, 0.2) is 5.11 Å². The van der Waals surface area contributed by atoms with Crippen molar-refractivity contribution < 1.29 is 27.8 Å². The molecule has 0 bridgehead atoms. The van der Waals surface area contributed by atoms with E-state index in [4.69, 9.17) is 26.8 Å². The molecule has 0 aromatic heterocycles. The van der Waals surface area contributed by atoms with Crippen LogP contribution in [0.5, 0.6) is 5.75 Å². The Balaban J connectivity index is 1.54. The third-order valence-electron chi connectivity index (χ3n) is 5.59.